The zero-order chi connectivity index (χ0) is 23.0. The van der Waals surface area contributed by atoms with Crippen molar-refractivity contribution in [2.24, 2.45) is 0 Å². The first kappa shape index (κ1) is 30.3. The average Bonchev–Trinajstić information content (AvgIpc) is 2.76. The highest BCUT2D eigenvalue weighted by Gasteiger charge is 2.23. The van der Waals surface area contributed by atoms with Crippen LogP contribution in [0.25, 0.3) is 0 Å². The fraction of sp³-hybridized carbons (Fsp3) is 0.889. The molecule has 0 saturated carbocycles. The third-order valence-electron chi connectivity index (χ3n) is 5.89. The number of unbranched alkanes of at least 4 members (excludes halogenated alkanes) is 16. The lowest BCUT2D eigenvalue weighted by Gasteiger charge is -2.19. The smallest absolute Gasteiger partial charge is 0.161 e. The standard InChI is InChI=1S/C27H52O4/c1-3-4-5-6-7-8-9-10-11-12-13-14-15-16-17-18-19-20-21-22-23-31-27(25(2)29)26(30)24-28/h10-11,26-28,30H,3-9,12-24H2,1-2H3. The molecule has 184 valence electrons. The van der Waals surface area contributed by atoms with Gasteiger partial charge in [-0.25, -0.2) is 0 Å². The van der Waals surface area contributed by atoms with Gasteiger partial charge in [0.15, 0.2) is 5.78 Å². The Morgan fingerprint density at radius 1 is 0.742 bits per heavy atom. The van der Waals surface area contributed by atoms with E-state index < -0.39 is 18.8 Å². The van der Waals surface area contributed by atoms with Gasteiger partial charge in [0.1, 0.15) is 12.2 Å². The van der Waals surface area contributed by atoms with Gasteiger partial charge in [-0.2, -0.15) is 0 Å². The lowest BCUT2D eigenvalue weighted by atomic mass is 10.1. The SMILES string of the molecule is CCCCCCCCC=CCCCCCCCCCCCCOC(C(C)=O)C(O)CO. The number of aliphatic hydroxyl groups excluding tert-OH is 2. The van der Waals surface area contributed by atoms with Crippen LogP contribution in [0.1, 0.15) is 129 Å². The highest BCUT2D eigenvalue weighted by atomic mass is 16.5. The number of hydrogen-bond acceptors (Lipinski definition) is 4. The van der Waals surface area contributed by atoms with E-state index in [2.05, 4.69) is 19.1 Å². The molecule has 0 amide bonds. The first-order valence-electron chi connectivity index (χ1n) is 13.2. The molecule has 0 bridgehead atoms. The molecule has 0 aliphatic rings. The van der Waals surface area contributed by atoms with E-state index in [1.54, 1.807) is 0 Å². The monoisotopic (exact) mass is 440 g/mol. The molecule has 2 unspecified atom stereocenters. The second kappa shape index (κ2) is 23.9. The summed E-state index contributed by atoms with van der Waals surface area (Å²) in [6, 6.07) is 0. The van der Waals surface area contributed by atoms with E-state index in [1.165, 1.54) is 110 Å². The van der Waals surface area contributed by atoms with Gasteiger partial charge in [0.05, 0.1) is 6.61 Å². The Hall–Kier alpha value is -0.710. The van der Waals surface area contributed by atoms with Crippen LogP contribution in [0, 0.1) is 0 Å². The molecule has 0 aliphatic heterocycles. The van der Waals surface area contributed by atoms with Crippen molar-refractivity contribution >= 4 is 5.78 Å². The van der Waals surface area contributed by atoms with Gasteiger partial charge in [-0.05, 0) is 39.0 Å². The number of carbonyl (C=O) groups is 1. The lowest BCUT2D eigenvalue weighted by molar-refractivity contribution is -0.138. The first-order valence-corrected chi connectivity index (χ1v) is 13.2. The fourth-order valence-electron chi connectivity index (χ4n) is 3.86. The summed E-state index contributed by atoms with van der Waals surface area (Å²) in [7, 11) is 0. The summed E-state index contributed by atoms with van der Waals surface area (Å²) < 4.78 is 5.43. The van der Waals surface area contributed by atoms with Crippen molar-refractivity contribution < 1.29 is 19.7 Å². The largest absolute Gasteiger partial charge is 0.394 e. The van der Waals surface area contributed by atoms with Crippen molar-refractivity contribution in [3.63, 3.8) is 0 Å². The first-order chi connectivity index (χ1) is 15.1. The molecule has 2 atom stereocenters. The quantitative estimate of drug-likeness (QED) is 0.126. The Morgan fingerprint density at radius 2 is 1.16 bits per heavy atom. The van der Waals surface area contributed by atoms with Crippen LogP contribution in [0.5, 0.6) is 0 Å². The maximum Gasteiger partial charge on any atom is 0.161 e. The number of rotatable bonds is 24. The topological polar surface area (TPSA) is 66.8 Å². The van der Waals surface area contributed by atoms with Crippen LogP contribution >= 0.6 is 0 Å². The molecule has 31 heavy (non-hydrogen) atoms. The van der Waals surface area contributed by atoms with Gasteiger partial charge in [0, 0.05) is 6.61 Å². The van der Waals surface area contributed by atoms with E-state index in [9.17, 15) is 9.90 Å². The van der Waals surface area contributed by atoms with Gasteiger partial charge in [-0.3, -0.25) is 4.79 Å². The number of Topliss-reactive ketones (excluding diaryl/α,β-unsaturated/α-hetero) is 1. The summed E-state index contributed by atoms with van der Waals surface area (Å²) in [5.74, 6) is -0.231. The minimum absolute atomic E-state index is 0.231. The minimum atomic E-state index is -1.11. The van der Waals surface area contributed by atoms with Crippen molar-refractivity contribution in [2.75, 3.05) is 13.2 Å². The molecule has 4 nitrogen and oxygen atoms in total. The third kappa shape index (κ3) is 20.9. The van der Waals surface area contributed by atoms with Crippen molar-refractivity contribution in [2.45, 2.75) is 142 Å². The van der Waals surface area contributed by atoms with Crippen LogP contribution in [0.4, 0.5) is 0 Å². The second-order valence-corrected chi connectivity index (χ2v) is 9.00. The van der Waals surface area contributed by atoms with E-state index in [-0.39, 0.29) is 5.78 Å². The van der Waals surface area contributed by atoms with Gasteiger partial charge in [0.25, 0.3) is 0 Å². The summed E-state index contributed by atoms with van der Waals surface area (Å²) in [5.41, 5.74) is 0. The van der Waals surface area contributed by atoms with E-state index in [4.69, 9.17) is 9.84 Å². The Bertz CT molecular complexity index is 408. The molecule has 0 aliphatic carbocycles. The molecular weight excluding hydrogens is 388 g/mol. The Balaban J connectivity index is 3.28. The summed E-state index contributed by atoms with van der Waals surface area (Å²) in [5, 5.41) is 18.5. The lowest BCUT2D eigenvalue weighted by Crippen LogP contribution is -2.37. The van der Waals surface area contributed by atoms with Crippen LogP contribution in [0.3, 0.4) is 0 Å². The van der Waals surface area contributed by atoms with Crippen molar-refractivity contribution in [1.82, 2.24) is 0 Å². The van der Waals surface area contributed by atoms with Crippen LogP contribution in [0.15, 0.2) is 12.2 Å². The van der Waals surface area contributed by atoms with Gasteiger partial charge < -0.3 is 14.9 Å². The molecule has 0 aromatic carbocycles. The van der Waals surface area contributed by atoms with E-state index >= 15 is 0 Å². The highest BCUT2D eigenvalue weighted by Crippen LogP contribution is 2.13. The number of ether oxygens (including phenoxy) is 1. The van der Waals surface area contributed by atoms with Gasteiger partial charge in [-0.1, -0.05) is 103 Å². The van der Waals surface area contributed by atoms with E-state index in [1.807, 2.05) is 0 Å². The molecule has 0 fully saturated rings. The minimum Gasteiger partial charge on any atom is -0.394 e. The van der Waals surface area contributed by atoms with Crippen LogP contribution in [0.2, 0.25) is 0 Å². The molecular formula is C27H52O4. The molecule has 0 aromatic heterocycles. The van der Waals surface area contributed by atoms with Crippen LogP contribution in [-0.2, 0) is 9.53 Å². The number of aliphatic hydroxyl groups is 2. The predicted molar refractivity (Wildman–Crippen MR) is 131 cm³/mol. The van der Waals surface area contributed by atoms with Crippen molar-refractivity contribution in [3.8, 4) is 0 Å². The van der Waals surface area contributed by atoms with Gasteiger partial charge in [-0.15, -0.1) is 0 Å². The van der Waals surface area contributed by atoms with E-state index in [0.717, 1.165) is 12.8 Å². The molecule has 0 rings (SSSR count). The van der Waals surface area contributed by atoms with Gasteiger partial charge in [0.2, 0.25) is 0 Å². The molecule has 0 spiro atoms. The molecule has 4 heteroatoms. The second-order valence-electron chi connectivity index (χ2n) is 9.00. The summed E-state index contributed by atoms with van der Waals surface area (Å²) in [6.07, 6.45) is 26.1. The Kier molecular flexibility index (Phi) is 23.4. The van der Waals surface area contributed by atoms with Crippen LogP contribution < -0.4 is 0 Å². The molecule has 0 aromatic rings. The Labute approximate surface area is 192 Å². The fourth-order valence-corrected chi connectivity index (χ4v) is 3.86. The number of hydrogen-bond donors (Lipinski definition) is 2. The predicted octanol–water partition coefficient (Wildman–Crippen LogP) is 6.91. The summed E-state index contributed by atoms with van der Waals surface area (Å²) >= 11 is 0. The molecule has 0 heterocycles. The van der Waals surface area contributed by atoms with Crippen molar-refractivity contribution in [1.29, 1.82) is 0 Å². The summed E-state index contributed by atoms with van der Waals surface area (Å²) in [6.45, 7) is 3.68. The van der Waals surface area contributed by atoms with Crippen LogP contribution in [-0.4, -0.2) is 41.4 Å². The van der Waals surface area contributed by atoms with Crippen molar-refractivity contribution in [3.05, 3.63) is 12.2 Å². The molecule has 0 saturated heterocycles. The molecule has 0 radical (unpaired) electrons. The zero-order valence-corrected chi connectivity index (χ0v) is 20.7. The third-order valence-corrected chi connectivity index (χ3v) is 5.89. The maximum atomic E-state index is 11.4. The normalized spacial score (nSPS) is 13.7. The summed E-state index contributed by atoms with van der Waals surface area (Å²) in [4.78, 5) is 11.4. The number of ketones is 1. The maximum absolute atomic E-state index is 11.4. The molecule has 2 N–H and O–H groups in total. The van der Waals surface area contributed by atoms with E-state index in [0.29, 0.717) is 6.61 Å². The Morgan fingerprint density at radius 3 is 1.58 bits per heavy atom. The number of allylic oxidation sites excluding steroid dienone is 2. The average molecular weight is 441 g/mol. The highest BCUT2D eigenvalue weighted by molar-refractivity contribution is 5.81. The van der Waals surface area contributed by atoms with Gasteiger partial charge >= 0.3 is 0 Å². The number of carbonyl (C=O) groups excluding carboxylic acids is 1. The zero-order valence-electron chi connectivity index (χ0n) is 20.7.